The van der Waals surface area contributed by atoms with Crippen LogP contribution in [0.2, 0.25) is 0 Å². The van der Waals surface area contributed by atoms with Gasteiger partial charge in [0.25, 0.3) is 0 Å². The van der Waals surface area contributed by atoms with Gasteiger partial charge in [0.15, 0.2) is 0 Å². The van der Waals surface area contributed by atoms with Crippen molar-refractivity contribution in [3.05, 3.63) is 71.8 Å². The molecule has 2 aromatic rings. The zero-order chi connectivity index (χ0) is 12.1. The molecule has 0 saturated carbocycles. The third-order valence-electron chi connectivity index (χ3n) is 3.03. The zero-order valence-corrected chi connectivity index (χ0v) is 10.1. The molecule has 0 amide bonds. The summed E-state index contributed by atoms with van der Waals surface area (Å²) in [5, 5.41) is 3.18. The molecule has 0 radical (unpaired) electrons. The lowest BCUT2D eigenvalue weighted by molar-refractivity contribution is 0.505. The van der Waals surface area contributed by atoms with Gasteiger partial charge in [0.1, 0.15) is 0 Å². The Balaban J connectivity index is 2.47. The molecular weight excluding hydrogens is 208 g/mol. The van der Waals surface area contributed by atoms with Crippen molar-refractivity contribution in [2.75, 3.05) is 13.6 Å². The monoisotopic (exact) mass is 226 g/mol. The Morgan fingerprint density at radius 3 is 1.65 bits per heavy atom. The van der Waals surface area contributed by atoms with Crippen LogP contribution in [0, 0.1) is 0 Å². The van der Waals surface area contributed by atoms with Crippen molar-refractivity contribution in [3.63, 3.8) is 0 Å². The smallest absolute Gasteiger partial charge is 0.0792 e. The third kappa shape index (κ3) is 2.38. The van der Waals surface area contributed by atoms with Crippen molar-refractivity contribution in [1.29, 1.82) is 0 Å². The first-order valence-electron chi connectivity index (χ1n) is 5.82. The van der Waals surface area contributed by atoms with Gasteiger partial charge in [0, 0.05) is 6.54 Å². The second-order valence-corrected chi connectivity index (χ2v) is 4.23. The van der Waals surface area contributed by atoms with Crippen molar-refractivity contribution in [3.8, 4) is 0 Å². The Morgan fingerprint density at radius 1 is 0.882 bits per heavy atom. The van der Waals surface area contributed by atoms with Crippen LogP contribution in [0.5, 0.6) is 0 Å². The van der Waals surface area contributed by atoms with Gasteiger partial charge < -0.3 is 11.1 Å². The van der Waals surface area contributed by atoms with Crippen molar-refractivity contribution in [2.45, 2.75) is 5.54 Å². The highest BCUT2D eigenvalue weighted by Crippen LogP contribution is 2.25. The molecule has 0 aliphatic rings. The number of hydrogen-bond donors (Lipinski definition) is 2. The van der Waals surface area contributed by atoms with Crippen LogP contribution in [0.1, 0.15) is 11.1 Å². The van der Waals surface area contributed by atoms with Gasteiger partial charge in [-0.2, -0.15) is 0 Å². The standard InChI is InChI=1S/C15H18N2/c1-17-12-15(16,13-8-4-2-5-9-13)14-10-6-3-7-11-14/h2-11,17H,12,16H2,1H3. The molecule has 2 heteroatoms. The highest BCUT2D eigenvalue weighted by molar-refractivity contribution is 5.38. The number of benzene rings is 2. The second-order valence-electron chi connectivity index (χ2n) is 4.23. The minimum Gasteiger partial charge on any atom is -0.317 e. The van der Waals surface area contributed by atoms with E-state index >= 15 is 0 Å². The highest BCUT2D eigenvalue weighted by Gasteiger charge is 2.28. The van der Waals surface area contributed by atoms with Crippen molar-refractivity contribution < 1.29 is 0 Å². The molecule has 0 aliphatic carbocycles. The molecular formula is C15H18N2. The van der Waals surface area contributed by atoms with E-state index in [0.717, 1.165) is 11.1 Å². The quantitative estimate of drug-likeness (QED) is 0.838. The summed E-state index contributed by atoms with van der Waals surface area (Å²) < 4.78 is 0. The number of nitrogens with one attached hydrogen (secondary N) is 1. The van der Waals surface area contributed by atoms with Gasteiger partial charge in [-0.05, 0) is 18.2 Å². The Morgan fingerprint density at radius 2 is 1.29 bits per heavy atom. The SMILES string of the molecule is CNCC(N)(c1ccccc1)c1ccccc1. The zero-order valence-electron chi connectivity index (χ0n) is 10.1. The molecule has 3 N–H and O–H groups in total. The molecule has 0 saturated heterocycles. The first-order chi connectivity index (χ1) is 8.27. The third-order valence-corrected chi connectivity index (χ3v) is 3.03. The summed E-state index contributed by atoms with van der Waals surface area (Å²) >= 11 is 0. The van der Waals surface area contributed by atoms with Crippen molar-refractivity contribution >= 4 is 0 Å². The Bertz CT molecular complexity index is 411. The summed E-state index contributed by atoms with van der Waals surface area (Å²) in [4.78, 5) is 0. The molecule has 0 aromatic heterocycles. The average molecular weight is 226 g/mol. The maximum atomic E-state index is 6.59. The molecule has 2 aromatic carbocycles. The fourth-order valence-corrected chi connectivity index (χ4v) is 2.12. The predicted octanol–water partition coefficient (Wildman–Crippen LogP) is 2.11. The molecule has 17 heavy (non-hydrogen) atoms. The summed E-state index contributed by atoms with van der Waals surface area (Å²) in [6.07, 6.45) is 0. The molecule has 0 fully saturated rings. The van der Waals surface area contributed by atoms with Gasteiger partial charge >= 0.3 is 0 Å². The summed E-state index contributed by atoms with van der Waals surface area (Å²) in [5.74, 6) is 0. The van der Waals surface area contributed by atoms with Crippen LogP contribution < -0.4 is 11.1 Å². The van der Waals surface area contributed by atoms with E-state index in [-0.39, 0.29) is 0 Å². The van der Waals surface area contributed by atoms with Crippen molar-refractivity contribution in [1.82, 2.24) is 5.32 Å². The van der Waals surface area contributed by atoms with Gasteiger partial charge in [0.05, 0.1) is 5.54 Å². The lowest BCUT2D eigenvalue weighted by atomic mass is 9.84. The van der Waals surface area contributed by atoms with Gasteiger partial charge in [-0.25, -0.2) is 0 Å². The molecule has 0 bridgehead atoms. The summed E-state index contributed by atoms with van der Waals surface area (Å²) in [6, 6.07) is 20.4. The maximum Gasteiger partial charge on any atom is 0.0792 e. The topological polar surface area (TPSA) is 38.0 Å². The first kappa shape index (κ1) is 11.8. The van der Waals surface area contributed by atoms with Gasteiger partial charge in [-0.15, -0.1) is 0 Å². The maximum absolute atomic E-state index is 6.59. The van der Waals surface area contributed by atoms with Gasteiger partial charge in [-0.1, -0.05) is 60.7 Å². The van der Waals surface area contributed by atoms with Crippen LogP contribution in [-0.2, 0) is 5.54 Å². The Kier molecular flexibility index (Phi) is 3.57. The van der Waals surface area contributed by atoms with Crippen LogP contribution in [0.25, 0.3) is 0 Å². The highest BCUT2D eigenvalue weighted by atomic mass is 14.9. The van der Waals surface area contributed by atoms with E-state index in [9.17, 15) is 0 Å². The number of hydrogen-bond acceptors (Lipinski definition) is 2. The summed E-state index contributed by atoms with van der Waals surface area (Å²) in [5.41, 5.74) is 8.36. The summed E-state index contributed by atoms with van der Waals surface area (Å²) in [7, 11) is 1.92. The molecule has 2 nitrogen and oxygen atoms in total. The minimum absolute atomic E-state index is 0.475. The molecule has 0 aliphatic heterocycles. The molecule has 0 spiro atoms. The lowest BCUT2D eigenvalue weighted by Crippen LogP contribution is -2.46. The molecule has 0 unspecified atom stereocenters. The molecule has 0 heterocycles. The Labute approximate surface area is 102 Å². The van der Waals surface area contributed by atoms with Gasteiger partial charge in [0.2, 0.25) is 0 Å². The fraction of sp³-hybridized carbons (Fsp3) is 0.200. The van der Waals surface area contributed by atoms with E-state index in [0.29, 0.717) is 6.54 Å². The molecule has 0 atom stereocenters. The van der Waals surface area contributed by atoms with E-state index in [4.69, 9.17) is 5.73 Å². The normalized spacial score (nSPS) is 11.4. The van der Waals surface area contributed by atoms with E-state index in [1.54, 1.807) is 0 Å². The second kappa shape index (κ2) is 5.13. The number of nitrogens with two attached hydrogens (primary N) is 1. The minimum atomic E-state index is -0.475. The Hall–Kier alpha value is -1.64. The van der Waals surface area contributed by atoms with Crippen molar-refractivity contribution in [2.24, 2.45) is 5.73 Å². The van der Waals surface area contributed by atoms with Crippen LogP contribution >= 0.6 is 0 Å². The number of likely N-dealkylation sites (N-methyl/N-ethyl adjacent to an activating group) is 1. The van der Waals surface area contributed by atoms with Crippen LogP contribution in [-0.4, -0.2) is 13.6 Å². The van der Waals surface area contributed by atoms with Crippen LogP contribution in [0.3, 0.4) is 0 Å². The molecule has 88 valence electrons. The van der Waals surface area contributed by atoms with E-state index in [1.165, 1.54) is 0 Å². The van der Waals surface area contributed by atoms with E-state index in [1.807, 2.05) is 43.4 Å². The van der Waals surface area contributed by atoms with Gasteiger partial charge in [-0.3, -0.25) is 0 Å². The van der Waals surface area contributed by atoms with Crippen LogP contribution in [0.15, 0.2) is 60.7 Å². The lowest BCUT2D eigenvalue weighted by Gasteiger charge is -2.30. The number of rotatable bonds is 4. The average Bonchev–Trinajstić information content (AvgIpc) is 2.41. The predicted molar refractivity (Wildman–Crippen MR) is 71.8 cm³/mol. The van der Waals surface area contributed by atoms with E-state index < -0.39 is 5.54 Å². The fourth-order valence-electron chi connectivity index (χ4n) is 2.12. The summed E-state index contributed by atoms with van der Waals surface area (Å²) in [6.45, 7) is 0.709. The van der Waals surface area contributed by atoms with Crippen LogP contribution in [0.4, 0.5) is 0 Å². The largest absolute Gasteiger partial charge is 0.317 e. The molecule has 2 rings (SSSR count). The van der Waals surface area contributed by atoms with E-state index in [2.05, 4.69) is 29.6 Å². The first-order valence-corrected chi connectivity index (χ1v) is 5.82.